The highest BCUT2D eigenvalue weighted by molar-refractivity contribution is 5.82. The molecular formula is C20H30N2O4. The van der Waals surface area contributed by atoms with Crippen LogP contribution in [0.5, 0.6) is 5.75 Å². The van der Waals surface area contributed by atoms with Crippen molar-refractivity contribution in [3.8, 4) is 5.75 Å². The average molecular weight is 362 g/mol. The Hall–Kier alpha value is -2.08. The summed E-state index contributed by atoms with van der Waals surface area (Å²) >= 11 is 0. The second kappa shape index (κ2) is 9.57. The monoisotopic (exact) mass is 362 g/mol. The van der Waals surface area contributed by atoms with Crippen molar-refractivity contribution in [2.45, 2.75) is 57.9 Å². The van der Waals surface area contributed by atoms with Crippen molar-refractivity contribution >= 4 is 11.9 Å². The molecule has 0 bridgehead atoms. The molecule has 1 saturated carbocycles. The van der Waals surface area contributed by atoms with Gasteiger partial charge in [0.1, 0.15) is 5.75 Å². The lowest BCUT2D eigenvalue weighted by molar-refractivity contribution is -0.140. The van der Waals surface area contributed by atoms with E-state index in [9.17, 15) is 14.7 Å². The van der Waals surface area contributed by atoms with Crippen LogP contribution < -0.4 is 15.8 Å². The van der Waals surface area contributed by atoms with Crippen LogP contribution in [0.15, 0.2) is 24.3 Å². The van der Waals surface area contributed by atoms with E-state index < -0.39 is 12.0 Å². The largest absolute Gasteiger partial charge is 0.494 e. The molecular weight excluding hydrogens is 332 g/mol. The minimum absolute atomic E-state index is 0.0986. The first-order chi connectivity index (χ1) is 12.4. The van der Waals surface area contributed by atoms with Crippen molar-refractivity contribution in [3.63, 3.8) is 0 Å². The standard InChI is InChI=1S/C20H30N2O4/c1-2-26-16-8-6-15(7-9-16)12-17(21)19(25)22-14-20(13-18(23)24)10-4-3-5-11-20/h6-9,17H,2-5,10-14,21H2,1H3,(H,22,25)(H,23,24)/t17-/m1/s1. The summed E-state index contributed by atoms with van der Waals surface area (Å²) in [7, 11) is 0. The lowest BCUT2D eigenvalue weighted by atomic mass is 9.71. The number of ether oxygens (including phenoxy) is 1. The lowest BCUT2D eigenvalue weighted by Crippen LogP contribution is -2.47. The fourth-order valence-electron chi connectivity index (χ4n) is 3.68. The Bertz CT molecular complexity index is 594. The topological polar surface area (TPSA) is 102 Å². The fraction of sp³-hybridized carbons (Fsp3) is 0.600. The van der Waals surface area contributed by atoms with Crippen molar-refractivity contribution < 1.29 is 19.4 Å². The van der Waals surface area contributed by atoms with Crippen LogP contribution in [0.25, 0.3) is 0 Å². The van der Waals surface area contributed by atoms with Crippen LogP contribution >= 0.6 is 0 Å². The number of carbonyl (C=O) groups is 2. The van der Waals surface area contributed by atoms with Gasteiger partial charge < -0.3 is 20.9 Å². The fourth-order valence-corrected chi connectivity index (χ4v) is 3.68. The number of hydrogen-bond donors (Lipinski definition) is 3. The molecule has 144 valence electrons. The predicted octanol–water partition coefficient (Wildman–Crippen LogP) is 2.50. The maximum Gasteiger partial charge on any atom is 0.303 e. The summed E-state index contributed by atoms with van der Waals surface area (Å²) in [5.41, 5.74) is 6.68. The van der Waals surface area contributed by atoms with E-state index in [4.69, 9.17) is 10.5 Å². The van der Waals surface area contributed by atoms with E-state index in [-0.39, 0.29) is 17.7 Å². The molecule has 1 atom stereocenters. The quantitative estimate of drug-likeness (QED) is 0.626. The van der Waals surface area contributed by atoms with E-state index in [1.165, 1.54) is 0 Å². The molecule has 26 heavy (non-hydrogen) atoms. The Kier molecular flexibility index (Phi) is 7.45. The van der Waals surface area contributed by atoms with Crippen molar-refractivity contribution in [2.24, 2.45) is 11.1 Å². The second-order valence-electron chi connectivity index (χ2n) is 7.24. The first-order valence-corrected chi connectivity index (χ1v) is 9.41. The van der Waals surface area contributed by atoms with Gasteiger partial charge in [0.2, 0.25) is 5.91 Å². The Morgan fingerprint density at radius 2 is 1.88 bits per heavy atom. The Morgan fingerprint density at radius 3 is 2.46 bits per heavy atom. The number of carbonyl (C=O) groups excluding carboxylic acids is 1. The minimum atomic E-state index is -0.806. The summed E-state index contributed by atoms with van der Waals surface area (Å²) in [6.45, 7) is 2.92. The van der Waals surface area contributed by atoms with E-state index in [1.54, 1.807) is 0 Å². The summed E-state index contributed by atoms with van der Waals surface area (Å²) in [5.74, 6) is -0.240. The molecule has 0 aliphatic heterocycles. The van der Waals surface area contributed by atoms with Gasteiger partial charge in [0.15, 0.2) is 0 Å². The van der Waals surface area contributed by atoms with Crippen LogP contribution in [0.1, 0.15) is 51.0 Å². The third-order valence-electron chi connectivity index (χ3n) is 5.10. The van der Waals surface area contributed by atoms with Crippen LogP contribution in [0, 0.1) is 5.41 Å². The molecule has 0 aromatic heterocycles. The van der Waals surface area contributed by atoms with E-state index in [0.717, 1.165) is 43.4 Å². The Labute approximate surface area is 155 Å². The van der Waals surface area contributed by atoms with E-state index in [2.05, 4.69) is 5.32 Å². The third kappa shape index (κ3) is 6.02. The number of nitrogens with one attached hydrogen (secondary N) is 1. The van der Waals surface area contributed by atoms with Crippen molar-refractivity contribution in [2.75, 3.05) is 13.2 Å². The molecule has 1 aromatic rings. The molecule has 0 spiro atoms. The van der Waals surface area contributed by atoms with Crippen LogP contribution in [-0.4, -0.2) is 36.2 Å². The highest BCUT2D eigenvalue weighted by atomic mass is 16.5. The molecule has 0 saturated heterocycles. The van der Waals surface area contributed by atoms with Gasteiger partial charge >= 0.3 is 5.97 Å². The maximum atomic E-state index is 12.4. The predicted molar refractivity (Wildman–Crippen MR) is 100 cm³/mol. The van der Waals surface area contributed by atoms with Gasteiger partial charge in [-0.1, -0.05) is 31.4 Å². The lowest BCUT2D eigenvalue weighted by Gasteiger charge is -2.36. The Balaban J connectivity index is 1.87. The number of carboxylic acids is 1. The summed E-state index contributed by atoms with van der Waals surface area (Å²) in [6, 6.07) is 6.90. The SMILES string of the molecule is CCOc1ccc(C[C@@H](N)C(=O)NCC2(CC(=O)O)CCCCC2)cc1. The van der Waals surface area contributed by atoms with Gasteiger partial charge in [0.25, 0.3) is 0 Å². The molecule has 6 heteroatoms. The first kappa shape index (κ1) is 20.2. The number of benzene rings is 1. The average Bonchev–Trinajstić information content (AvgIpc) is 2.62. The number of carboxylic acid groups (broad SMARTS) is 1. The zero-order valence-corrected chi connectivity index (χ0v) is 15.5. The zero-order chi connectivity index (χ0) is 19.0. The van der Waals surface area contributed by atoms with Crippen molar-refractivity contribution in [3.05, 3.63) is 29.8 Å². The van der Waals surface area contributed by atoms with Gasteiger partial charge in [-0.3, -0.25) is 9.59 Å². The molecule has 6 nitrogen and oxygen atoms in total. The van der Waals surface area contributed by atoms with Crippen LogP contribution in [-0.2, 0) is 16.0 Å². The Morgan fingerprint density at radius 1 is 1.23 bits per heavy atom. The normalized spacial score (nSPS) is 17.3. The minimum Gasteiger partial charge on any atom is -0.494 e. The van der Waals surface area contributed by atoms with Gasteiger partial charge in [-0.15, -0.1) is 0 Å². The molecule has 0 unspecified atom stereocenters. The number of amides is 1. The number of hydrogen-bond acceptors (Lipinski definition) is 4. The summed E-state index contributed by atoms with van der Waals surface area (Å²) in [4.78, 5) is 23.6. The number of nitrogens with two attached hydrogens (primary N) is 1. The molecule has 0 radical (unpaired) electrons. The molecule has 0 heterocycles. The van der Waals surface area contributed by atoms with Crippen LogP contribution in [0.2, 0.25) is 0 Å². The molecule has 2 rings (SSSR count). The summed E-state index contributed by atoms with van der Waals surface area (Å²) < 4.78 is 5.40. The summed E-state index contributed by atoms with van der Waals surface area (Å²) in [5, 5.41) is 12.1. The summed E-state index contributed by atoms with van der Waals surface area (Å²) in [6.07, 6.45) is 5.38. The molecule has 1 aliphatic carbocycles. The first-order valence-electron chi connectivity index (χ1n) is 9.41. The maximum absolute atomic E-state index is 12.4. The van der Waals surface area contributed by atoms with E-state index in [0.29, 0.717) is 19.6 Å². The molecule has 1 amide bonds. The van der Waals surface area contributed by atoms with Crippen molar-refractivity contribution in [1.29, 1.82) is 0 Å². The molecule has 4 N–H and O–H groups in total. The molecule has 1 aromatic carbocycles. The zero-order valence-electron chi connectivity index (χ0n) is 15.5. The van der Waals surface area contributed by atoms with Gasteiger partial charge in [0, 0.05) is 6.54 Å². The highest BCUT2D eigenvalue weighted by Gasteiger charge is 2.35. The second-order valence-corrected chi connectivity index (χ2v) is 7.24. The number of aliphatic carboxylic acids is 1. The highest BCUT2D eigenvalue weighted by Crippen LogP contribution is 2.38. The number of rotatable bonds is 9. The van der Waals surface area contributed by atoms with Gasteiger partial charge in [-0.2, -0.15) is 0 Å². The van der Waals surface area contributed by atoms with E-state index in [1.807, 2.05) is 31.2 Å². The van der Waals surface area contributed by atoms with Gasteiger partial charge in [-0.05, 0) is 49.3 Å². The smallest absolute Gasteiger partial charge is 0.303 e. The van der Waals surface area contributed by atoms with Gasteiger partial charge in [-0.25, -0.2) is 0 Å². The van der Waals surface area contributed by atoms with Gasteiger partial charge in [0.05, 0.1) is 19.1 Å². The van der Waals surface area contributed by atoms with Crippen LogP contribution in [0.4, 0.5) is 0 Å². The van der Waals surface area contributed by atoms with E-state index >= 15 is 0 Å². The molecule has 1 fully saturated rings. The van der Waals surface area contributed by atoms with Crippen molar-refractivity contribution in [1.82, 2.24) is 5.32 Å². The molecule has 1 aliphatic rings. The van der Waals surface area contributed by atoms with Crippen LogP contribution in [0.3, 0.4) is 0 Å². The third-order valence-corrected chi connectivity index (χ3v) is 5.10.